The van der Waals surface area contributed by atoms with Gasteiger partial charge in [-0.3, -0.25) is 38.6 Å². The number of H-pyrrole nitrogens is 1. The highest BCUT2D eigenvalue weighted by Crippen LogP contribution is 2.22. The number of hydrogen-bond donors (Lipinski definition) is 10. The number of nitrogens with two attached hydrogens (primary N) is 4. The number of amides is 6. The number of guanidine groups is 1. The van der Waals surface area contributed by atoms with E-state index in [2.05, 4.69) is 30.9 Å². The van der Waals surface area contributed by atoms with Crippen molar-refractivity contribution < 1.29 is 48.6 Å². The number of primary amides is 1. The lowest BCUT2D eigenvalue weighted by molar-refractivity contribution is -0.146. The summed E-state index contributed by atoms with van der Waals surface area (Å²) >= 11 is 0. The van der Waals surface area contributed by atoms with E-state index in [9.17, 15) is 43.5 Å². The minimum Gasteiger partial charge on any atom is -0.481 e. The number of aromatic amines is 1. The summed E-state index contributed by atoms with van der Waals surface area (Å²) in [6, 6.07) is -7.83. The number of hydrogen-bond acceptors (Lipinski definition) is 11. The maximum Gasteiger partial charge on any atom is 0.326 e. The minimum absolute atomic E-state index is 0.00293. The maximum absolute atomic E-state index is 13.8. The van der Waals surface area contributed by atoms with Gasteiger partial charge in [-0.2, -0.15) is 0 Å². The third-order valence-corrected chi connectivity index (χ3v) is 8.58. The average molecular weight is 735 g/mol. The first-order valence-electron chi connectivity index (χ1n) is 16.6. The van der Waals surface area contributed by atoms with Gasteiger partial charge in [0.1, 0.15) is 30.2 Å². The molecule has 0 saturated carbocycles. The van der Waals surface area contributed by atoms with E-state index in [1.165, 1.54) is 17.4 Å². The minimum atomic E-state index is -1.53. The quantitative estimate of drug-likeness (QED) is 0.0362. The number of nitrogens with one attached hydrogen (secondary N) is 4. The van der Waals surface area contributed by atoms with E-state index >= 15 is 0 Å². The van der Waals surface area contributed by atoms with Crippen molar-refractivity contribution in [3.63, 3.8) is 0 Å². The Bertz CT molecular complexity index is 1520. The molecule has 6 atom stereocenters. The number of aliphatic carboxylic acids is 2. The second-order valence-electron chi connectivity index (χ2n) is 12.5. The van der Waals surface area contributed by atoms with E-state index in [0.717, 1.165) is 4.90 Å². The van der Waals surface area contributed by atoms with Crippen molar-refractivity contribution in [2.45, 2.75) is 94.0 Å². The summed E-state index contributed by atoms with van der Waals surface area (Å²) in [5.41, 5.74) is 22.1. The number of carboxylic acid groups (broad SMARTS) is 2. The first kappa shape index (κ1) is 40.6. The van der Waals surface area contributed by atoms with Gasteiger partial charge in [-0.25, -0.2) is 9.78 Å². The Labute approximate surface area is 297 Å². The van der Waals surface area contributed by atoms with Crippen molar-refractivity contribution in [2.24, 2.45) is 27.9 Å². The Morgan fingerprint density at radius 1 is 0.865 bits per heavy atom. The van der Waals surface area contributed by atoms with E-state index < -0.39 is 96.5 Å². The van der Waals surface area contributed by atoms with Crippen LogP contribution in [0.3, 0.4) is 0 Å². The Morgan fingerprint density at radius 3 is 1.94 bits per heavy atom. The van der Waals surface area contributed by atoms with Crippen molar-refractivity contribution in [3.8, 4) is 0 Å². The molecular formula is C30H46N12O10. The molecular weight excluding hydrogens is 688 g/mol. The molecule has 6 amide bonds. The van der Waals surface area contributed by atoms with Gasteiger partial charge in [-0.05, 0) is 38.5 Å². The van der Waals surface area contributed by atoms with E-state index in [1.54, 1.807) is 0 Å². The zero-order valence-electron chi connectivity index (χ0n) is 28.4. The molecule has 1 aromatic heterocycles. The van der Waals surface area contributed by atoms with Crippen LogP contribution in [-0.4, -0.2) is 139 Å². The first-order chi connectivity index (χ1) is 24.6. The molecule has 14 N–H and O–H groups in total. The van der Waals surface area contributed by atoms with Crippen LogP contribution in [0.1, 0.15) is 57.1 Å². The molecule has 52 heavy (non-hydrogen) atoms. The Kier molecular flexibility index (Phi) is 14.8. The lowest BCUT2D eigenvalue weighted by atomic mass is 10.1. The van der Waals surface area contributed by atoms with Crippen LogP contribution < -0.4 is 38.9 Å². The molecule has 0 aromatic carbocycles. The number of imidazole rings is 1. The summed E-state index contributed by atoms with van der Waals surface area (Å²) in [5, 5.41) is 26.1. The molecule has 2 saturated heterocycles. The molecule has 3 heterocycles. The Morgan fingerprint density at radius 2 is 1.44 bits per heavy atom. The number of aromatic nitrogens is 2. The van der Waals surface area contributed by atoms with E-state index in [-0.39, 0.29) is 57.7 Å². The summed E-state index contributed by atoms with van der Waals surface area (Å²) in [4.78, 5) is 115. The maximum atomic E-state index is 13.8. The largest absolute Gasteiger partial charge is 0.481 e. The molecule has 0 bridgehead atoms. The normalized spacial score (nSPS) is 19.1. The lowest BCUT2D eigenvalue weighted by Crippen LogP contribution is -2.59. The van der Waals surface area contributed by atoms with E-state index in [4.69, 9.17) is 28.0 Å². The van der Waals surface area contributed by atoms with Gasteiger partial charge in [0.25, 0.3) is 0 Å². The third-order valence-electron chi connectivity index (χ3n) is 8.58. The van der Waals surface area contributed by atoms with Crippen molar-refractivity contribution >= 4 is 53.3 Å². The highest BCUT2D eigenvalue weighted by molar-refractivity contribution is 5.98. The fourth-order valence-electron chi connectivity index (χ4n) is 6.08. The lowest BCUT2D eigenvalue weighted by Gasteiger charge is -2.32. The van der Waals surface area contributed by atoms with Gasteiger partial charge >= 0.3 is 11.9 Å². The number of carbonyl (C=O) groups is 8. The van der Waals surface area contributed by atoms with Gasteiger partial charge < -0.3 is 63.9 Å². The number of carbonyl (C=O) groups excluding carboxylic acids is 6. The predicted molar refractivity (Wildman–Crippen MR) is 179 cm³/mol. The van der Waals surface area contributed by atoms with Crippen molar-refractivity contribution in [3.05, 3.63) is 18.2 Å². The SMILES string of the molecule is NC(=O)CC(NC(=O)C1CCCN1C(=O)C(Cc1cnc[nH]1)NC(=O)C(N)CC(=O)O)C(=O)N1CCCC1C(=O)NC(CCCN=C(N)N)C(=O)O. The van der Waals surface area contributed by atoms with Crippen LogP contribution in [0.2, 0.25) is 0 Å². The number of carboxylic acids is 2. The van der Waals surface area contributed by atoms with Gasteiger partial charge in [-0.15, -0.1) is 0 Å². The van der Waals surface area contributed by atoms with Gasteiger partial charge in [0.05, 0.1) is 25.2 Å². The highest BCUT2D eigenvalue weighted by Gasteiger charge is 2.42. The van der Waals surface area contributed by atoms with Crippen LogP contribution in [0.25, 0.3) is 0 Å². The third kappa shape index (κ3) is 11.6. The molecule has 286 valence electrons. The van der Waals surface area contributed by atoms with Crippen LogP contribution in [0.4, 0.5) is 0 Å². The summed E-state index contributed by atoms with van der Waals surface area (Å²) in [6.45, 7) is 0.291. The highest BCUT2D eigenvalue weighted by atomic mass is 16.4. The molecule has 22 heteroatoms. The Hall–Kier alpha value is -5.80. The molecule has 22 nitrogen and oxygen atoms in total. The standard InChI is InChI=1S/C30H46N12O10/c31-16(11-23(44)45)24(46)39-18(10-15-13-35-14-37-15)27(49)41-8-3-6-21(41)26(48)40-19(12-22(32)43)28(50)42-9-2-5-20(42)25(47)38-17(29(51)52)4-1-7-36-30(33)34/h13-14,16-21H,1-12,31H2,(H2,32,43)(H,35,37)(H,38,47)(H,39,46)(H,40,48)(H,44,45)(H,51,52)(H4,33,34,36). The average Bonchev–Trinajstić information content (AvgIpc) is 3.86. The zero-order chi connectivity index (χ0) is 38.5. The summed E-state index contributed by atoms with van der Waals surface area (Å²) in [6.07, 6.45) is 2.65. The molecule has 0 aliphatic carbocycles. The number of rotatable bonds is 19. The number of aliphatic imine (C=N–C) groups is 1. The Balaban J connectivity index is 1.74. The number of likely N-dealkylation sites (tertiary alicyclic amines) is 2. The fourth-order valence-corrected chi connectivity index (χ4v) is 6.08. The monoisotopic (exact) mass is 734 g/mol. The molecule has 1 aromatic rings. The van der Waals surface area contributed by atoms with E-state index in [1.807, 2.05) is 0 Å². The van der Waals surface area contributed by atoms with Crippen LogP contribution >= 0.6 is 0 Å². The van der Waals surface area contributed by atoms with Crippen LogP contribution in [0, 0.1) is 0 Å². The molecule has 2 fully saturated rings. The molecule has 3 rings (SSSR count). The smallest absolute Gasteiger partial charge is 0.326 e. The first-order valence-corrected chi connectivity index (χ1v) is 16.6. The van der Waals surface area contributed by atoms with Gasteiger partial charge in [0.2, 0.25) is 35.4 Å². The zero-order valence-corrected chi connectivity index (χ0v) is 28.4. The predicted octanol–water partition coefficient (Wildman–Crippen LogP) is -4.80. The summed E-state index contributed by atoms with van der Waals surface area (Å²) < 4.78 is 0. The molecule has 6 unspecified atom stereocenters. The summed E-state index contributed by atoms with van der Waals surface area (Å²) in [7, 11) is 0. The van der Waals surface area contributed by atoms with Crippen LogP contribution in [0.15, 0.2) is 17.5 Å². The topological polar surface area (TPSA) is 365 Å². The molecule has 2 aliphatic heterocycles. The second kappa shape index (κ2) is 19.0. The van der Waals surface area contributed by atoms with Gasteiger partial charge in [0, 0.05) is 37.9 Å². The van der Waals surface area contributed by atoms with Crippen molar-refractivity contribution in [1.29, 1.82) is 0 Å². The number of nitrogens with zero attached hydrogens (tertiary/aromatic N) is 4. The second-order valence-corrected chi connectivity index (χ2v) is 12.5. The van der Waals surface area contributed by atoms with Crippen LogP contribution in [-0.2, 0) is 44.8 Å². The molecule has 2 aliphatic rings. The van der Waals surface area contributed by atoms with Crippen molar-refractivity contribution in [1.82, 2.24) is 35.7 Å². The van der Waals surface area contributed by atoms with Crippen molar-refractivity contribution in [2.75, 3.05) is 19.6 Å². The summed E-state index contributed by atoms with van der Waals surface area (Å²) in [5.74, 6) is -7.69. The van der Waals surface area contributed by atoms with E-state index in [0.29, 0.717) is 18.5 Å². The fraction of sp³-hybridized carbons (Fsp3) is 0.600. The molecule has 0 spiro atoms. The van der Waals surface area contributed by atoms with Gasteiger partial charge in [-0.1, -0.05) is 0 Å². The van der Waals surface area contributed by atoms with Gasteiger partial charge in [0.15, 0.2) is 5.96 Å². The van der Waals surface area contributed by atoms with Crippen LogP contribution in [0.5, 0.6) is 0 Å². The molecule has 0 radical (unpaired) electrons.